The van der Waals surface area contributed by atoms with Crippen LogP contribution in [0.15, 0.2) is 48.5 Å². The van der Waals surface area contributed by atoms with E-state index in [4.69, 9.17) is 15.2 Å². The van der Waals surface area contributed by atoms with Crippen molar-refractivity contribution in [2.24, 2.45) is 5.73 Å². The van der Waals surface area contributed by atoms with Gasteiger partial charge in [0, 0.05) is 5.69 Å². The summed E-state index contributed by atoms with van der Waals surface area (Å²) < 4.78 is 11.1. The SMILES string of the molecule is COc1ccccc1Oc1ccc(NC(=O)[C@@H](N)CCSC)cc1.Cl. The normalized spacial score (nSPS) is 11.2. The minimum Gasteiger partial charge on any atom is -0.493 e. The van der Waals surface area contributed by atoms with E-state index in [1.165, 1.54) is 0 Å². The number of benzene rings is 2. The lowest BCUT2D eigenvalue weighted by molar-refractivity contribution is -0.117. The van der Waals surface area contributed by atoms with Crippen LogP contribution in [0.25, 0.3) is 0 Å². The highest BCUT2D eigenvalue weighted by Gasteiger charge is 2.13. The molecule has 0 aromatic heterocycles. The van der Waals surface area contributed by atoms with E-state index in [1.54, 1.807) is 43.1 Å². The highest BCUT2D eigenvalue weighted by Crippen LogP contribution is 2.31. The number of hydrogen-bond donors (Lipinski definition) is 2. The highest BCUT2D eigenvalue weighted by atomic mass is 35.5. The molecule has 25 heavy (non-hydrogen) atoms. The van der Waals surface area contributed by atoms with E-state index in [1.807, 2.05) is 30.5 Å². The van der Waals surface area contributed by atoms with Crippen molar-refractivity contribution in [3.05, 3.63) is 48.5 Å². The summed E-state index contributed by atoms with van der Waals surface area (Å²) in [5.74, 6) is 2.64. The Bertz CT molecular complexity index is 668. The number of rotatable bonds is 8. The lowest BCUT2D eigenvalue weighted by Crippen LogP contribution is -2.36. The smallest absolute Gasteiger partial charge is 0.241 e. The lowest BCUT2D eigenvalue weighted by Gasteiger charge is -2.13. The van der Waals surface area contributed by atoms with Crippen molar-refractivity contribution in [1.82, 2.24) is 0 Å². The molecule has 0 bridgehead atoms. The first-order valence-electron chi connectivity index (χ1n) is 7.60. The third-order valence-corrected chi connectivity index (χ3v) is 4.03. The minimum absolute atomic E-state index is 0. The van der Waals surface area contributed by atoms with Crippen LogP contribution in [-0.2, 0) is 4.79 Å². The van der Waals surface area contributed by atoms with Gasteiger partial charge in [-0.2, -0.15) is 11.8 Å². The van der Waals surface area contributed by atoms with Gasteiger partial charge in [0.25, 0.3) is 0 Å². The standard InChI is InChI=1S/C18H22N2O3S.ClH/c1-22-16-5-3-4-6-17(16)23-14-9-7-13(8-10-14)20-18(21)15(19)11-12-24-2;/h3-10,15H,11-12,19H2,1-2H3,(H,20,21);1H/t15-;/m0./s1. The number of ether oxygens (including phenoxy) is 2. The van der Waals surface area contributed by atoms with Crippen LogP contribution in [0.4, 0.5) is 5.69 Å². The van der Waals surface area contributed by atoms with Gasteiger partial charge < -0.3 is 20.5 Å². The van der Waals surface area contributed by atoms with Gasteiger partial charge in [-0.25, -0.2) is 0 Å². The molecule has 1 amide bonds. The summed E-state index contributed by atoms with van der Waals surface area (Å²) >= 11 is 1.67. The zero-order valence-corrected chi connectivity index (χ0v) is 15.9. The largest absolute Gasteiger partial charge is 0.493 e. The first-order valence-corrected chi connectivity index (χ1v) is 8.99. The predicted molar refractivity (Wildman–Crippen MR) is 106 cm³/mol. The van der Waals surface area contributed by atoms with Gasteiger partial charge in [-0.3, -0.25) is 4.79 Å². The number of thioether (sulfide) groups is 1. The molecule has 0 unspecified atom stereocenters. The summed E-state index contributed by atoms with van der Waals surface area (Å²) in [6.07, 6.45) is 2.65. The van der Waals surface area contributed by atoms with Crippen molar-refractivity contribution in [1.29, 1.82) is 0 Å². The molecule has 3 N–H and O–H groups in total. The number of methoxy groups -OCH3 is 1. The van der Waals surface area contributed by atoms with Crippen LogP contribution in [-0.4, -0.2) is 31.1 Å². The zero-order chi connectivity index (χ0) is 17.4. The van der Waals surface area contributed by atoms with Gasteiger partial charge in [0.15, 0.2) is 11.5 Å². The predicted octanol–water partition coefficient (Wildman–Crippen LogP) is 3.93. The fourth-order valence-electron chi connectivity index (χ4n) is 2.05. The molecule has 2 aromatic carbocycles. The monoisotopic (exact) mass is 382 g/mol. The number of hydrogen-bond acceptors (Lipinski definition) is 5. The van der Waals surface area contributed by atoms with Crippen molar-refractivity contribution in [3.8, 4) is 17.2 Å². The van der Waals surface area contributed by atoms with Gasteiger partial charge in [0.05, 0.1) is 13.2 Å². The van der Waals surface area contributed by atoms with Crippen molar-refractivity contribution in [3.63, 3.8) is 0 Å². The van der Waals surface area contributed by atoms with Crippen molar-refractivity contribution < 1.29 is 14.3 Å². The number of nitrogens with one attached hydrogen (secondary N) is 1. The van der Waals surface area contributed by atoms with E-state index < -0.39 is 6.04 Å². The molecule has 0 aliphatic heterocycles. The maximum Gasteiger partial charge on any atom is 0.241 e. The van der Waals surface area contributed by atoms with Crippen LogP contribution >= 0.6 is 24.2 Å². The van der Waals surface area contributed by atoms with E-state index >= 15 is 0 Å². The highest BCUT2D eigenvalue weighted by molar-refractivity contribution is 7.98. The van der Waals surface area contributed by atoms with Crippen LogP contribution in [0.3, 0.4) is 0 Å². The summed E-state index contributed by atoms with van der Waals surface area (Å²) in [5, 5.41) is 2.81. The zero-order valence-electron chi connectivity index (χ0n) is 14.2. The van der Waals surface area contributed by atoms with Gasteiger partial charge in [-0.15, -0.1) is 12.4 Å². The number of halogens is 1. The van der Waals surface area contributed by atoms with Crippen LogP contribution in [0.5, 0.6) is 17.2 Å². The van der Waals surface area contributed by atoms with Gasteiger partial charge in [-0.05, 0) is 54.8 Å². The third kappa shape index (κ3) is 6.49. The number of carbonyl (C=O) groups is 1. The van der Waals surface area contributed by atoms with E-state index in [-0.39, 0.29) is 18.3 Å². The van der Waals surface area contributed by atoms with Gasteiger partial charge in [0.1, 0.15) is 5.75 Å². The first kappa shape index (κ1) is 21.2. The summed E-state index contributed by atoms with van der Waals surface area (Å²) in [4.78, 5) is 12.0. The molecule has 2 rings (SSSR count). The number of para-hydroxylation sites is 2. The Morgan fingerprint density at radius 3 is 2.40 bits per heavy atom. The molecule has 0 fully saturated rings. The average Bonchev–Trinajstić information content (AvgIpc) is 2.61. The molecule has 1 atom stereocenters. The molecule has 0 aliphatic rings. The van der Waals surface area contributed by atoms with E-state index in [9.17, 15) is 4.79 Å². The Labute approximate surface area is 158 Å². The van der Waals surface area contributed by atoms with Crippen molar-refractivity contribution in [2.45, 2.75) is 12.5 Å². The third-order valence-electron chi connectivity index (χ3n) is 3.39. The van der Waals surface area contributed by atoms with Gasteiger partial charge in [-0.1, -0.05) is 12.1 Å². The molecule has 0 radical (unpaired) electrons. The number of amides is 1. The Morgan fingerprint density at radius 1 is 1.16 bits per heavy atom. The van der Waals surface area contributed by atoms with Crippen LogP contribution in [0.1, 0.15) is 6.42 Å². The molecule has 2 aromatic rings. The first-order chi connectivity index (χ1) is 11.6. The van der Waals surface area contributed by atoms with Crippen LogP contribution in [0.2, 0.25) is 0 Å². The quantitative estimate of drug-likeness (QED) is 0.723. The summed E-state index contributed by atoms with van der Waals surface area (Å²) in [6.45, 7) is 0. The maximum absolute atomic E-state index is 12.0. The molecule has 136 valence electrons. The maximum atomic E-state index is 12.0. The Morgan fingerprint density at radius 2 is 1.80 bits per heavy atom. The Hall–Kier alpha value is -1.89. The molecule has 0 aliphatic carbocycles. The van der Waals surface area contributed by atoms with Crippen LogP contribution in [0, 0.1) is 0 Å². The Kier molecular flexibility index (Phi) is 9.20. The second-order valence-electron chi connectivity index (χ2n) is 5.15. The van der Waals surface area contributed by atoms with E-state index in [0.29, 0.717) is 29.4 Å². The summed E-state index contributed by atoms with van der Waals surface area (Å²) in [7, 11) is 1.60. The molecule has 5 nitrogen and oxygen atoms in total. The van der Waals surface area contributed by atoms with Gasteiger partial charge in [0.2, 0.25) is 5.91 Å². The number of carbonyl (C=O) groups excluding carboxylic acids is 1. The molecule has 0 spiro atoms. The second-order valence-corrected chi connectivity index (χ2v) is 6.14. The van der Waals surface area contributed by atoms with Crippen LogP contribution < -0.4 is 20.5 Å². The van der Waals surface area contributed by atoms with E-state index in [2.05, 4.69) is 5.32 Å². The fraction of sp³-hybridized carbons (Fsp3) is 0.278. The lowest BCUT2D eigenvalue weighted by atomic mass is 10.2. The molecule has 7 heteroatoms. The van der Waals surface area contributed by atoms with Crippen molar-refractivity contribution in [2.75, 3.05) is 24.4 Å². The molecule has 0 saturated heterocycles. The average molecular weight is 383 g/mol. The number of anilines is 1. The number of nitrogens with two attached hydrogens (primary N) is 1. The Balaban J connectivity index is 0.00000312. The topological polar surface area (TPSA) is 73.6 Å². The molecule has 0 saturated carbocycles. The summed E-state index contributed by atoms with van der Waals surface area (Å²) in [5.41, 5.74) is 6.54. The van der Waals surface area contributed by atoms with Crippen molar-refractivity contribution >= 4 is 35.8 Å². The molecular formula is C18H23ClN2O3S. The van der Waals surface area contributed by atoms with E-state index in [0.717, 1.165) is 5.75 Å². The van der Waals surface area contributed by atoms with Gasteiger partial charge >= 0.3 is 0 Å². The molecular weight excluding hydrogens is 360 g/mol. The fourth-order valence-corrected chi connectivity index (χ4v) is 2.54. The summed E-state index contributed by atoms with van der Waals surface area (Å²) in [6, 6.07) is 14.1. The molecule has 0 heterocycles. The minimum atomic E-state index is -0.498. The second kappa shape index (κ2) is 10.9.